The first-order chi connectivity index (χ1) is 20.0. The number of amides is 4. The van der Waals surface area contributed by atoms with Crippen LogP contribution in [0.2, 0.25) is 0 Å². The summed E-state index contributed by atoms with van der Waals surface area (Å²) in [5.41, 5.74) is 2.91. The second-order valence-corrected chi connectivity index (χ2v) is 10.2. The number of hydrogen-bond acceptors (Lipinski definition) is 8. The molecule has 4 heterocycles. The molecule has 0 radical (unpaired) electrons. The number of carbonyl (C=O) groups is 5. The maximum absolute atomic E-state index is 12.4. The molecule has 2 unspecified atom stereocenters. The minimum Gasteiger partial charge on any atom is -0.392 e. The van der Waals surface area contributed by atoms with Crippen molar-refractivity contribution in [1.82, 2.24) is 28.9 Å². The largest absolute Gasteiger partial charge is 0.392 e. The Balaban J connectivity index is 0.000000168. The van der Waals surface area contributed by atoms with Crippen molar-refractivity contribution in [3.8, 4) is 0 Å². The van der Waals surface area contributed by atoms with Gasteiger partial charge in [0.1, 0.15) is 18.4 Å². The summed E-state index contributed by atoms with van der Waals surface area (Å²) in [7, 11) is 3.20. The van der Waals surface area contributed by atoms with E-state index in [0.717, 1.165) is 0 Å². The number of aldehydes is 1. The lowest BCUT2D eigenvalue weighted by atomic mass is 10.1. The second kappa shape index (κ2) is 11.0. The SMILES string of the molecule is Cn1c(=O)n(C2CCC(=O)NC2=O)c2ccc(C=O)cc21.Cn1c(=O)n(C2CCC(=O)NC2=O)c2ccc(CO)cc21. The van der Waals surface area contributed by atoms with Crippen molar-refractivity contribution < 1.29 is 29.1 Å². The van der Waals surface area contributed by atoms with E-state index < -0.39 is 23.9 Å². The van der Waals surface area contributed by atoms with Gasteiger partial charge in [-0.15, -0.1) is 0 Å². The smallest absolute Gasteiger partial charge is 0.329 e. The number of imidazole rings is 2. The number of benzene rings is 2. The third-order valence-corrected chi connectivity index (χ3v) is 7.63. The van der Waals surface area contributed by atoms with E-state index in [-0.39, 0.29) is 42.6 Å². The van der Waals surface area contributed by atoms with E-state index in [1.807, 2.05) is 0 Å². The molecule has 14 heteroatoms. The minimum absolute atomic E-state index is 0.117. The number of aliphatic hydroxyl groups excluding tert-OH is 1. The van der Waals surface area contributed by atoms with Crippen molar-refractivity contribution in [3.63, 3.8) is 0 Å². The monoisotopic (exact) mass is 576 g/mol. The normalized spacial score (nSPS) is 18.9. The first-order valence-corrected chi connectivity index (χ1v) is 13.2. The number of nitrogens with one attached hydrogen (secondary N) is 2. The van der Waals surface area contributed by atoms with Crippen LogP contribution in [0.15, 0.2) is 46.0 Å². The molecule has 4 amide bonds. The number of aliphatic hydroxyl groups is 1. The molecule has 0 aliphatic carbocycles. The van der Waals surface area contributed by atoms with Crippen LogP contribution in [0.25, 0.3) is 22.1 Å². The summed E-state index contributed by atoms with van der Waals surface area (Å²) >= 11 is 0. The molecule has 2 aliphatic heterocycles. The van der Waals surface area contributed by atoms with Gasteiger partial charge < -0.3 is 5.11 Å². The molecule has 0 spiro atoms. The van der Waals surface area contributed by atoms with Gasteiger partial charge >= 0.3 is 11.4 Å². The van der Waals surface area contributed by atoms with Crippen LogP contribution in [-0.4, -0.2) is 53.3 Å². The van der Waals surface area contributed by atoms with Gasteiger partial charge in [0.05, 0.1) is 28.7 Å². The highest BCUT2D eigenvalue weighted by molar-refractivity contribution is 6.01. The summed E-state index contributed by atoms with van der Waals surface area (Å²) in [6.45, 7) is -0.117. The molecule has 4 aromatic rings. The van der Waals surface area contributed by atoms with E-state index in [9.17, 15) is 38.7 Å². The number of piperidine rings is 2. The van der Waals surface area contributed by atoms with E-state index in [1.165, 1.54) is 18.3 Å². The van der Waals surface area contributed by atoms with Crippen molar-refractivity contribution >= 4 is 52.0 Å². The fraction of sp³-hybridized carbons (Fsp3) is 0.321. The van der Waals surface area contributed by atoms with E-state index in [4.69, 9.17) is 0 Å². The van der Waals surface area contributed by atoms with Crippen LogP contribution >= 0.6 is 0 Å². The van der Waals surface area contributed by atoms with E-state index in [1.54, 1.807) is 50.5 Å². The standard InChI is InChI=1S/C14H15N3O4.C14H13N3O4/c2*1-16-11-6-8(7-18)2-3-9(11)17(14(16)21)10-4-5-12(19)15-13(10)20/h2-3,6,10,18H,4-5,7H2,1H3,(H,15,19,20);2-3,6-7,10H,4-5H2,1H3,(H,15,19,20). The Morgan fingerprint density at radius 3 is 1.67 bits per heavy atom. The maximum atomic E-state index is 12.4. The van der Waals surface area contributed by atoms with Crippen molar-refractivity contribution in [2.24, 2.45) is 14.1 Å². The number of hydrogen-bond donors (Lipinski definition) is 3. The zero-order valence-corrected chi connectivity index (χ0v) is 22.8. The van der Waals surface area contributed by atoms with Gasteiger partial charge in [-0.1, -0.05) is 6.07 Å². The Labute approximate surface area is 237 Å². The third kappa shape index (κ3) is 4.85. The second-order valence-electron chi connectivity index (χ2n) is 10.2. The molecule has 2 aromatic carbocycles. The molecule has 2 saturated heterocycles. The van der Waals surface area contributed by atoms with Gasteiger partial charge in [-0.05, 0) is 48.7 Å². The quantitative estimate of drug-likeness (QED) is 0.223. The summed E-state index contributed by atoms with van der Waals surface area (Å²) < 4.78 is 5.63. The highest BCUT2D eigenvalue weighted by atomic mass is 16.3. The van der Waals surface area contributed by atoms with Crippen LogP contribution < -0.4 is 22.0 Å². The van der Waals surface area contributed by atoms with Crippen LogP contribution in [0.1, 0.15) is 53.7 Å². The highest BCUT2D eigenvalue weighted by Crippen LogP contribution is 2.25. The Morgan fingerprint density at radius 2 is 1.21 bits per heavy atom. The number of nitrogens with zero attached hydrogens (tertiary/aromatic N) is 4. The highest BCUT2D eigenvalue weighted by Gasteiger charge is 2.32. The number of aryl methyl sites for hydroxylation is 2. The predicted octanol–water partition coefficient (Wildman–Crippen LogP) is -0.0598. The average Bonchev–Trinajstić information content (AvgIpc) is 3.37. The van der Waals surface area contributed by atoms with E-state index >= 15 is 0 Å². The Bertz CT molecular complexity index is 1910. The minimum atomic E-state index is -0.707. The molecular formula is C28H28N6O8. The fourth-order valence-electron chi connectivity index (χ4n) is 5.42. The molecule has 2 fully saturated rings. The topological polar surface area (TPSA) is 183 Å². The zero-order chi connectivity index (χ0) is 30.3. The van der Waals surface area contributed by atoms with Crippen LogP contribution in [0, 0.1) is 0 Å². The molecule has 42 heavy (non-hydrogen) atoms. The van der Waals surface area contributed by atoms with Gasteiger partial charge in [0.2, 0.25) is 23.6 Å². The summed E-state index contributed by atoms with van der Waals surface area (Å²) in [6, 6.07) is 8.60. The zero-order valence-electron chi connectivity index (χ0n) is 22.8. The average molecular weight is 577 g/mol. The van der Waals surface area contributed by atoms with Gasteiger partial charge in [0.25, 0.3) is 0 Å². The molecule has 6 rings (SSSR count). The number of aromatic nitrogens is 4. The van der Waals surface area contributed by atoms with E-state index in [0.29, 0.717) is 52.3 Å². The van der Waals surface area contributed by atoms with Crippen molar-refractivity contribution in [2.75, 3.05) is 0 Å². The molecule has 2 aliphatic rings. The fourth-order valence-corrected chi connectivity index (χ4v) is 5.42. The lowest BCUT2D eigenvalue weighted by Crippen LogP contribution is -2.44. The third-order valence-electron chi connectivity index (χ3n) is 7.63. The van der Waals surface area contributed by atoms with Gasteiger partial charge in [0.15, 0.2) is 0 Å². The van der Waals surface area contributed by atoms with Gasteiger partial charge in [0, 0.05) is 32.5 Å². The van der Waals surface area contributed by atoms with Crippen LogP contribution in [0.3, 0.4) is 0 Å². The molecule has 3 N–H and O–H groups in total. The van der Waals surface area contributed by atoms with Crippen LogP contribution in [0.4, 0.5) is 0 Å². The van der Waals surface area contributed by atoms with Crippen LogP contribution in [0.5, 0.6) is 0 Å². The Morgan fingerprint density at radius 1 is 0.738 bits per heavy atom. The molecule has 218 valence electrons. The van der Waals surface area contributed by atoms with Gasteiger partial charge in [-0.2, -0.15) is 0 Å². The van der Waals surface area contributed by atoms with Gasteiger partial charge in [-0.3, -0.25) is 52.9 Å². The molecule has 14 nitrogen and oxygen atoms in total. The molecule has 0 bridgehead atoms. The molecule has 0 saturated carbocycles. The first-order valence-electron chi connectivity index (χ1n) is 13.2. The maximum Gasteiger partial charge on any atom is 0.329 e. The number of imide groups is 2. The van der Waals surface area contributed by atoms with E-state index in [2.05, 4.69) is 10.6 Å². The molecule has 2 atom stereocenters. The lowest BCUT2D eigenvalue weighted by molar-refractivity contribution is -0.137. The summed E-state index contributed by atoms with van der Waals surface area (Å²) in [4.78, 5) is 82.1. The molecule has 2 aromatic heterocycles. The van der Waals surface area contributed by atoms with Crippen molar-refractivity contribution in [3.05, 3.63) is 68.5 Å². The Hall–Kier alpha value is -5.11. The van der Waals surface area contributed by atoms with Gasteiger partial charge in [-0.25, -0.2) is 9.59 Å². The predicted molar refractivity (Wildman–Crippen MR) is 149 cm³/mol. The summed E-state index contributed by atoms with van der Waals surface area (Å²) in [6.07, 6.45) is 1.72. The summed E-state index contributed by atoms with van der Waals surface area (Å²) in [5, 5.41) is 13.7. The van der Waals surface area contributed by atoms with Crippen molar-refractivity contribution in [2.45, 2.75) is 44.4 Å². The Kier molecular flexibility index (Phi) is 7.47. The van der Waals surface area contributed by atoms with Crippen LogP contribution in [-0.2, 0) is 39.9 Å². The van der Waals surface area contributed by atoms with Crippen molar-refractivity contribution in [1.29, 1.82) is 0 Å². The summed E-state index contributed by atoms with van der Waals surface area (Å²) in [5.74, 6) is -1.56. The number of carbonyl (C=O) groups excluding carboxylic acids is 5. The lowest BCUT2D eigenvalue weighted by Gasteiger charge is -2.21. The number of rotatable bonds is 4. The first kappa shape index (κ1) is 28.4. The molecular weight excluding hydrogens is 548 g/mol. The number of fused-ring (bicyclic) bond motifs is 2.